The lowest BCUT2D eigenvalue weighted by Crippen LogP contribution is -2.35. The zero-order valence-electron chi connectivity index (χ0n) is 8.96. The number of aromatic hydroxyl groups is 1. The number of nitrogens with zero attached hydrogens (tertiary/aromatic N) is 1. The number of aromatic nitrogens is 1. The summed E-state index contributed by atoms with van der Waals surface area (Å²) in [6.45, 7) is 0. The smallest absolute Gasteiger partial charge is 0.255 e. The monoisotopic (exact) mass is 256 g/mol. The van der Waals surface area contributed by atoms with Crippen LogP contribution in [-0.4, -0.2) is 42.0 Å². The molecule has 0 aromatic carbocycles. The largest absolute Gasteiger partial charge is 0.505 e. The number of carbonyl (C=O) groups is 1. The van der Waals surface area contributed by atoms with Crippen molar-refractivity contribution in [3.05, 3.63) is 24.0 Å². The Hall–Kier alpha value is -1.63. The molecule has 1 fully saturated rings. The number of nitrogens with one attached hydrogen (secondary N) is 1. The standard InChI is InChI=1S/C10H12N2O4S/c13-9-5-11-3-1-8(9)10(14)12-7-2-4-17(15,16)6-7/h1,3,5,7,13H,2,4,6H2,(H,12,14). The minimum atomic E-state index is -3.02. The first-order valence-corrected chi connectivity index (χ1v) is 6.94. The van der Waals surface area contributed by atoms with Gasteiger partial charge in [0.2, 0.25) is 0 Å². The van der Waals surface area contributed by atoms with Crippen molar-refractivity contribution in [3.8, 4) is 5.75 Å². The van der Waals surface area contributed by atoms with Gasteiger partial charge in [0, 0.05) is 12.2 Å². The molecule has 92 valence electrons. The number of hydrogen-bond donors (Lipinski definition) is 2. The van der Waals surface area contributed by atoms with E-state index in [9.17, 15) is 18.3 Å². The molecule has 6 nitrogen and oxygen atoms in total. The van der Waals surface area contributed by atoms with Gasteiger partial charge in [0.1, 0.15) is 5.75 Å². The van der Waals surface area contributed by atoms with Crippen LogP contribution in [0, 0.1) is 0 Å². The minimum Gasteiger partial charge on any atom is -0.505 e. The highest BCUT2D eigenvalue weighted by atomic mass is 32.2. The maximum Gasteiger partial charge on any atom is 0.255 e. The van der Waals surface area contributed by atoms with Crippen LogP contribution in [0.4, 0.5) is 0 Å². The molecule has 2 rings (SSSR count). The predicted octanol–water partition coefficient (Wildman–Crippen LogP) is -0.296. The summed E-state index contributed by atoms with van der Waals surface area (Å²) < 4.78 is 22.4. The molecule has 0 radical (unpaired) electrons. The Morgan fingerprint density at radius 2 is 2.29 bits per heavy atom. The molecule has 2 N–H and O–H groups in total. The first-order chi connectivity index (χ1) is 7.98. The Labute approximate surface area is 98.6 Å². The molecule has 1 saturated heterocycles. The summed E-state index contributed by atoms with van der Waals surface area (Å²) in [6.07, 6.45) is 2.97. The molecule has 17 heavy (non-hydrogen) atoms. The molecule has 7 heteroatoms. The van der Waals surface area contributed by atoms with E-state index in [-0.39, 0.29) is 28.9 Å². The highest BCUT2D eigenvalue weighted by molar-refractivity contribution is 7.91. The Morgan fingerprint density at radius 3 is 2.88 bits per heavy atom. The van der Waals surface area contributed by atoms with Gasteiger partial charge in [-0.15, -0.1) is 0 Å². The van der Waals surface area contributed by atoms with Crippen LogP contribution < -0.4 is 5.32 Å². The van der Waals surface area contributed by atoms with E-state index in [4.69, 9.17) is 0 Å². The molecular weight excluding hydrogens is 244 g/mol. The Bertz CT molecular complexity index is 541. The molecule has 0 bridgehead atoms. The van der Waals surface area contributed by atoms with Gasteiger partial charge in [-0.3, -0.25) is 9.78 Å². The number of rotatable bonds is 2. The van der Waals surface area contributed by atoms with Crippen molar-refractivity contribution in [2.24, 2.45) is 0 Å². The van der Waals surface area contributed by atoms with E-state index in [1.54, 1.807) is 0 Å². The SMILES string of the molecule is O=C(NC1CCS(=O)(=O)C1)c1ccncc1O. The zero-order valence-corrected chi connectivity index (χ0v) is 9.77. The minimum absolute atomic E-state index is 0.0371. The van der Waals surface area contributed by atoms with E-state index < -0.39 is 15.7 Å². The van der Waals surface area contributed by atoms with Gasteiger partial charge in [0.15, 0.2) is 9.84 Å². The summed E-state index contributed by atoms with van der Waals surface area (Å²) in [5.74, 6) is -0.636. The maximum atomic E-state index is 11.7. The van der Waals surface area contributed by atoms with Crippen LogP contribution in [0.15, 0.2) is 18.5 Å². The molecule has 1 aliphatic rings. The number of amides is 1. The molecule has 1 aromatic heterocycles. The van der Waals surface area contributed by atoms with E-state index in [0.29, 0.717) is 6.42 Å². The molecular formula is C10H12N2O4S. The summed E-state index contributed by atoms with van der Waals surface area (Å²) in [5, 5.41) is 12.0. The second-order valence-corrected chi connectivity index (χ2v) is 6.19. The van der Waals surface area contributed by atoms with Crippen LogP contribution in [-0.2, 0) is 9.84 Å². The molecule has 0 saturated carbocycles. The normalized spacial score (nSPS) is 22.2. The molecule has 2 heterocycles. The molecule has 1 amide bonds. The van der Waals surface area contributed by atoms with E-state index in [1.165, 1.54) is 18.5 Å². The first-order valence-electron chi connectivity index (χ1n) is 5.12. The van der Waals surface area contributed by atoms with E-state index in [1.807, 2.05) is 0 Å². The van der Waals surface area contributed by atoms with Gasteiger partial charge in [-0.25, -0.2) is 8.42 Å². The fourth-order valence-electron chi connectivity index (χ4n) is 1.75. The zero-order chi connectivity index (χ0) is 12.5. The van der Waals surface area contributed by atoms with Crippen molar-refractivity contribution in [1.29, 1.82) is 0 Å². The lowest BCUT2D eigenvalue weighted by Gasteiger charge is -2.11. The second kappa shape index (κ2) is 4.33. The summed E-state index contributed by atoms with van der Waals surface area (Å²) in [7, 11) is -3.02. The van der Waals surface area contributed by atoms with E-state index in [0.717, 1.165) is 0 Å². The van der Waals surface area contributed by atoms with Gasteiger partial charge in [-0.2, -0.15) is 0 Å². The van der Waals surface area contributed by atoms with Crippen molar-refractivity contribution >= 4 is 15.7 Å². The average Bonchev–Trinajstić information content (AvgIpc) is 2.58. The van der Waals surface area contributed by atoms with Crippen LogP contribution in [0.3, 0.4) is 0 Å². The van der Waals surface area contributed by atoms with Crippen LogP contribution in [0.1, 0.15) is 16.8 Å². The summed E-state index contributed by atoms with van der Waals surface area (Å²) in [5.41, 5.74) is 0.101. The number of pyridine rings is 1. The second-order valence-electron chi connectivity index (χ2n) is 3.97. The van der Waals surface area contributed by atoms with Crippen LogP contribution in [0.25, 0.3) is 0 Å². The Morgan fingerprint density at radius 1 is 1.53 bits per heavy atom. The fourth-order valence-corrected chi connectivity index (χ4v) is 3.42. The van der Waals surface area contributed by atoms with Crippen LogP contribution in [0.5, 0.6) is 5.75 Å². The molecule has 1 aliphatic heterocycles. The molecule has 0 aliphatic carbocycles. The maximum absolute atomic E-state index is 11.7. The van der Waals surface area contributed by atoms with Crippen molar-refractivity contribution in [1.82, 2.24) is 10.3 Å². The number of sulfone groups is 1. The van der Waals surface area contributed by atoms with Gasteiger partial charge in [0.25, 0.3) is 5.91 Å². The summed E-state index contributed by atoms with van der Waals surface area (Å²) in [4.78, 5) is 15.4. The topological polar surface area (TPSA) is 96.4 Å². The van der Waals surface area contributed by atoms with Gasteiger partial charge in [-0.05, 0) is 12.5 Å². The highest BCUT2D eigenvalue weighted by Crippen LogP contribution is 2.16. The van der Waals surface area contributed by atoms with E-state index >= 15 is 0 Å². The predicted molar refractivity (Wildman–Crippen MR) is 60.4 cm³/mol. The lowest BCUT2D eigenvalue weighted by molar-refractivity contribution is 0.0938. The molecule has 1 unspecified atom stereocenters. The van der Waals surface area contributed by atoms with Crippen molar-refractivity contribution in [3.63, 3.8) is 0 Å². The third kappa shape index (κ3) is 2.73. The first kappa shape index (κ1) is 11.8. The van der Waals surface area contributed by atoms with Crippen molar-refractivity contribution in [2.45, 2.75) is 12.5 Å². The van der Waals surface area contributed by atoms with Crippen molar-refractivity contribution < 1.29 is 18.3 Å². The Kier molecular flexibility index (Phi) is 3.01. The van der Waals surface area contributed by atoms with Gasteiger partial charge >= 0.3 is 0 Å². The summed E-state index contributed by atoms with van der Waals surface area (Å²) >= 11 is 0. The van der Waals surface area contributed by atoms with Crippen molar-refractivity contribution in [2.75, 3.05) is 11.5 Å². The van der Waals surface area contributed by atoms with Crippen LogP contribution in [0.2, 0.25) is 0 Å². The highest BCUT2D eigenvalue weighted by Gasteiger charge is 2.29. The van der Waals surface area contributed by atoms with Gasteiger partial charge in [-0.1, -0.05) is 0 Å². The lowest BCUT2D eigenvalue weighted by atomic mass is 10.2. The Balaban J connectivity index is 2.06. The van der Waals surface area contributed by atoms with Gasteiger partial charge < -0.3 is 10.4 Å². The number of carbonyl (C=O) groups excluding carboxylic acids is 1. The fraction of sp³-hybridized carbons (Fsp3) is 0.400. The third-order valence-corrected chi connectivity index (χ3v) is 4.38. The molecule has 1 atom stereocenters. The summed E-state index contributed by atoms with van der Waals surface area (Å²) in [6, 6.07) is 1.01. The van der Waals surface area contributed by atoms with Gasteiger partial charge in [0.05, 0.1) is 23.3 Å². The molecule has 1 aromatic rings. The third-order valence-electron chi connectivity index (χ3n) is 2.61. The van der Waals surface area contributed by atoms with E-state index in [2.05, 4.69) is 10.3 Å². The molecule has 0 spiro atoms. The quantitative estimate of drug-likeness (QED) is 0.757. The number of hydrogen-bond acceptors (Lipinski definition) is 5. The average molecular weight is 256 g/mol. The van der Waals surface area contributed by atoms with Crippen LogP contribution >= 0.6 is 0 Å².